The van der Waals surface area contributed by atoms with Crippen molar-refractivity contribution in [1.29, 1.82) is 0 Å². The number of aromatic nitrogens is 2. The van der Waals surface area contributed by atoms with E-state index in [0.29, 0.717) is 24.5 Å². The molecule has 2 N–H and O–H groups in total. The van der Waals surface area contributed by atoms with E-state index >= 15 is 0 Å². The number of amides is 1. The standard InChI is InChI=1S/C19H24N4O2/c1-13-11-18(24)22-17(21-13)7-9-20-19(25)14(2)23-10-8-15-5-3-4-6-16(15)12-23/h3-6,11,14H,7-10,12H2,1-2H3,(H,20,25)(H,21,22,24)/t14-/m1/s1. The first-order valence-electron chi connectivity index (χ1n) is 8.68. The highest BCUT2D eigenvalue weighted by molar-refractivity contribution is 5.81. The van der Waals surface area contributed by atoms with Crippen molar-refractivity contribution in [2.24, 2.45) is 0 Å². The average molecular weight is 340 g/mol. The number of benzene rings is 1. The van der Waals surface area contributed by atoms with E-state index in [2.05, 4.69) is 38.4 Å². The average Bonchev–Trinajstić information content (AvgIpc) is 2.59. The summed E-state index contributed by atoms with van der Waals surface area (Å²) in [5.41, 5.74) is 3.20. The Kier molecular flexibility index (Phi) is 5.28. The van der Waals surface area contributed by atoms with Crippen molar-refractivity contribution in [2.75, 3.05) is 13.1 Å². The van der Waals surface area contributed by atoms with Crippen molar-refractivity contribution in [3.8, 4) is 0 Å². The molecule has 0 bridgehead atoms. The molecule has 0 aliphatic carbocycles. The summed E-state index contributed by atoms with van der Waals surface area (Å²) in [6.07, 6.45) is 1.49. The maximum absolute atomic E-state index is 12.4. The number of nitrogens with one attached hydrogen (secondary N) is 2. The summed E-state index contributed by atoms with van der Waals surface area (Å²) in [5.74, 6) is 0.610. The zero-order valence-electron chi connectivity index (χ0n) is 14.7. The maximum atomic E-state index is 12.4. The Bertz CT molecular complexity index is 815. The molecule has 1 aromatic heterocycles. The molecule has 1 aliphatic rings. The molecule has 0 fully saturated rings. The third-order valence-corrected chi connectivity index (χ3v) is 4.67. The first-order chi connectivity index (χ1) is 12.0. The zero-order chi connectivity index (χ0) is 17.8. The fourth-order valence-corrected chi connectivity index (χ4v) is 3.23. The van der Waals surface area contributed by atoms with Gasteiger partial charge in [-0.3, -0.25) is 14.5 Å². The zero-order valence-corrected chi connectivity index (χ0v) is 14.7. The van der Waals surface area contributed by atoms with Gasteiger partial charge in [-0.05, 0) is 31.4 Å². The first kappa shape index (κ1) is 17.4. The van der Waals surface area contributed by atoms with Crippen LogP contribution in [0.2, 0.25) is 0 Å². The Morgan fingerprint density at radius 3 is 2.88 bits per heavy atom. The molecule has 3 rings (SSSR count). The smallest absolute Gasteiger partial charge is 0.251 e. The molecule has 6 nitrogen and oxygen atoms in total. The molecule has 25 heavy (non-hydrogen) atoms. The summed E-state index contributed by atoms with van der Waals surface area (Å²) >= 11 is 0. The summed E-state index contributed by atoms with van der Waals surface area (Å²) in [5, 5.41) is 2.95. The molecule has 1 atom stereocenters. The van der Waals surface area contributed by atoms with Crippen LogP contribution in [-0.2, 0) is 24.2 Å². The second kappa shape index (κ2) is 7.61. The molecular formula is C19H24N4O2. The largest absolute Gasteiger partial charge is 0.354 e. The second-order valence-corrected chi connectivity index (χ2v) is 6.54. The van der Waals surface area contributed by atoms with Gasteiger partial charge in [-0.15, -0.1) is 0 Å². The Morgan fingerprint density at radius 2 is 2.12 bits per heavy atom. The summed E-state index contributed by atoms with van der Waals surface area (Å²) in [6, 6.07) is 9.67. The number of fused-ring (bicyclic) bond motifs is 1. The van der Waals surface area contributed by atoms with Gasteiger partial charge < -0.3 is 10.3 Å². The van der Waals surface area contributed by atoms with Crippen molar-refractivity contribution >= 4 is 5.91 Å². The van der Waals surface area contributed by atoms with E-state index in [1.807, 2.05) is 13.0 Å². The highest BCUT2D eigenvalue weighted by Gasteiger charge is 2.24. The van der Waals surface area contributed by atoms with Gasteiger partial charge in [0.2, 0.25) is 5.91 Å². The SMILES string of the molecule is Cc1cc(=O)[nH]c(CCNC(=O)[C@@H](C)N2CCc3ccccc3C2)n1. The molecule has 0 radical (unpaired) electrons. The topological polar surface area (TPSA) is 78.1 Å². The number of hydrogen-bond donors (Lipinski definition) is 2. The molecule has 0 saturated heterocycles. The van der Waals surface area contributed by atoms with Gasteiger partial charge in [0.05, 0.1) is 6.04 Å². The lowest BCUT2D eigenvalue weighted by Gasteiger charge is -2.32. The minimum Gasteiger partial charge on any atom is -0.354 e. The molecule has 2 aromatic rings. The van der Waals surface area contributed by atoms with E-state index in [9.17, 15) is 9.59 Å². The predicted octanol–water partition coefficient (Wildman–Crippen LogP) is 1.18. The monoisotopic (exact) mass is 340 g/mol. The van der Waals surface area contributed by atoms with Crippen LogP contribution in [0, 0.1) is 6.92 Å². The van der Waals surface area contributed by atoms with E-state index in [0.717, 1.165) is 19.5 Å². The van der Waals surface area contributed by atoms with Crippen LogP contribution in [0.5, 0.6) is 0 Å². The summed E-state index contributed by atoms with van der Waals surface area (Å²) in [7, 11) is 0. The predicted molar refractivity (Wildman–Crippen MR) is 96.3 cm³/mol. The van der Waals surface area contributed by atoms with Crippen molar-refractivity contribution in [2.45, 2.75) is 39.3 Å². The van der Waals surface area contributed by atoms with E-state index in [-0.39, 0.29) is 17.5 Å². The number of nitrogens with zero attached hydrogens (tertiary/aromatic N) is 2. The van der Waals surface area contributed by atoms with Crippen LogP contribution in [0.4, 0.5) is 0 Å². The highest BCUT2D eigenvalue weighted by Crippen LogP contribution is 2.20. The summed E-state index contributed by atoms with van der Waals surface area (Å²) < 4.78 is 0. The van der Waals surface area contributed by atoms with Crippen molar-refractivity contribution in [1.82, 2.24) is 20.2 Å². The third-order valence-electron chi connectivity index (χ3n) is 4.67. The number of hydrogen-bond acceptors (Lipinski definition) is 4. The Labute approximate surface area is 147 Å². The lowest BCUT2D eigenvalue weighted by atomic mass is 9.99. The Morgan fingerprint density at radius 1 is 1.36 bits per heavy atom. The fraction of sp³-hybridized carbons (Fsp3) is 0.421. The molecule has 132 valence electrons. The van der Waals surface area contributed by atoms with Gasteiger partial charge in [0.15, 0.2) is 0 Å². The van der Waals surface area contributed by atoms with Crippen molar-refractivity contribution in [3.63, 3.8) is 0 Å². The number of carbonyl (C=O) groups is 1. The first-order valence-corrected chi connectivity index (χ1v) is 8.68. The van der Waals surface area contributed by atoms with E-state index in [1.165, 1.54) is 17.2 Å². The molecule has 1 aromatic carbocycles. The molecule has 2 heterocycles. The molecule has 1 amide bonds. The van der Waals surface area contributed by atoms with Crippen LogP contribution in [0.25, 0.3) is 0 Å². The van der Waals surface area contributed by atoms with Crippen molar-refractivity contribution < 1.29 is 4.79 Å². The number of H-pyrrole nitrogens is 1. The molecule has 0 saturated carbocycles. The molecular weight excluding hydrogens is 316 g/mol. The quantitative estimate of drug-likeness (QED) is 0.857. The van der Waals surface area contributed by atoms with Crippen LogP contribution in [0.1, 0.15) is 29.6 Å². The van der Waals surface area contributed by atoms with Crippen molar-refractivity contribution in [3.05, 3.63) is 63.3 Å². The van der Waals surface area contributed by atoms with Gasteiger partial charge in [0.1, 0.15) is 5.82 Å². The summed E-state index contributed by atoms with van der Waals surface area (Å²) in [6.45, 7) is 5.87. The highest BCUT2D eigenvalue weighted by atomic mass is 16.2. The number of carbonyl (C=O) groups excluding carboxylic acids is 1. The normalized spacial score (nSPS) is 15.4. The van der Waals surface area contributed by atoms with Crippen LogP contribution < -0.4 is 10.9 Å². The molecule has 6 heteroatoms. The Balaban J connectivity index is 1.52. The van der Waals surface area contributed by atoms with Crippen LogP contribution in [0.3, 0.4) is 0 Å². The Hall–Kier alpha value is -2.47. The number of rotatable bonds is 5. The van der Waals surface area contributed by atoms with E-state index in [4.69, 9.17) is 0 Å². The fourth-order valence-electron chi connectivity index (χ4n) is 3.23. The summed E-state index contributed by atoms with van der Waals surface area (Å²) in [4.78, 5) is 33.0. The molecule has 0 unspecified atom stereocenters. The van der Waals surface area contributed by atoms with Crippen LogP contribution in [-0.4, -0.2) is 39.9 Å². The van der Waals surface area contributed by atoms with E-state index in [1.54, 1.807) is 6.92 Å². The number of aryl methyl sites for hydroxylation is 1. The number of aromatic amines is 1. The van der Waals surface area contributed by atoms with Gasteiger partial charge in [-0.1, -0.05) is 24.3 Å². The van der Waals surface area contributed by atoms with Gasteiger partial charge in [0, 0.05) is 37.8 Å². The van der Waals surface area contributed by atoms with Gasteiger partial charge >= 0.3 is 0 Å². The van der Waals surface area contributed by atoms with Crippen LogP contribution in [0.15, 0.2) is 35.1 Å². The third kappa shape index (κ3) is 4.33. The van der Waals surface area contributed by atoms with Gasteiger partial charge in [0.25, 0.3) is 5.56 Å². The minimum absolute atomic E-state index is 0.00869. The second-order valence-electron chi connectivity index (χ2n) is 6.54. The molecule has 0 spiro atoms. The lowest BCUT2D eigenvalue weighted by Crippen LogP contribution is -2.47. The van der Waals surface area contributed by atoms with Gasteiger partial charge in [-0.2, -0.15) is 0 Å². The lowest BCUT2D eigenvalue weighted by molar-refractivity contribution is -0.126. The van der Waals surface area contributed by atoms with E-state index < -0.39 is 0 Å². The van der Waals surface area contributed by atoms with Crippen LogP contribution >= 0.6 is 0 Å². The minimum atomic E-state index is -0.183. The van der Waals surface area contributed by atoms with Gasteiger partial charge in [-0.25, -0.2) is 4.98 Å². The maximum Gasteiger partial charge on any atom is 0.251 e. The molecule has 1 aliphatic heterocycles.